The molecule has 2 aliphatic rings. The SMILES string of the molecule is N[C@@H]1CCN(c2c(NC(=O)c3ccc(=O)n(-c4c(F)cccc4F)n3)ccc3c2cnn3C2CC2)C1. The van der Waals surface area contributed by atoms with Crippen LogP contribution in [0.1, 0.15) is 35.8 Å². The number of fused-ring (bicyclic) bond motifs is 1. The summed E-state index contributed by atoms with van der Waals surface area (Å²) in [7, 11) is 0. The van der Waals surface area contributed by atoms with E-state index in [0.29, 0.717) is 23.0 Å². The topological polar surface area (TPSA) is 111 Å². The fourth-order valence-corrected chi connectivity index (χ4v) is 4.72. The largest absolute Gasteiger partial charge is 0.368 e. The number of nitrogens with two attached hydrogens (primary N) is 1. The van der Waals surface area contributed by atoms with Gasteiger partial charge in [-0.15, -0.1) is 0 Å². The monoisotopic (exact) mass is 491 g/mol. The zero-order valence-electron chi connectivity index (χ0n) is 19.2. The first kappa shape index (κ1) is 22.4. The van der Waals surface area contributed by atoms with Crippen LogP contribution in [0, 0.1) is 11.6 Å². The lowest BCUT2D eigenvalue weighted by Crippen LogP contribution is -2.28. The summed E-state index contributed by atoms with van der Waals surface area (Å²) in [4.78, 5) is 27.7. The molecule has 1 aliphatic carbocycles. The number of hydrogen-bond acceptors (Lipinski definition) is 6. The number of anilines is 2. The number of para-hydroxylation sites is 1. The number of halogens is 2. The van der Waals surface area contributed by atoms with Crippen molar-refractivity contribution in [1.82, 2.24) is 19.6 Å². The maximum atomic E-state index is 14.3. The second-order valence-electron chi connectivity index (χ2n) is 9.20. The first-order valence-corrected chi connectivity index (χ1v) is 11.8. The van der Waals surface area contributed by atoms with E-state index in [1.54, 1.807) is 0 Å². The number of nitrogens with one attached hydrogen (secondary N) is 1. The van der Waals surface area contributed by atoms with E-state index in [0.717, 1.165) is 60.6 Å². The van der Waals surface area contributed by atoms with Crippen molar-refractivity contribution in [1.29, 1.82) is 0 Å². The lowest BCUT2D eigenvalue weighted by molar-refractivity contribution is 0.102. The Bertz CT molecular complexity index is 1540. The summed E-state index contributed by atoms with van der Waals surface area (Å²) in [5, 5.41) is 12.3. The van der Waals surface area contributed by atoms with Crippen molar-refractivity contribution >= 4 is 28.2 Å². The molecular formula is C25H23F2N7O2. The van der Waals surface area contributed by atoms with Crippen molar-refractivity contribution in [3.05, 3.63) is 76.3 Å². The van der Waals surface area contributed by atoms with Crippen molar-refractivity contribution in [3.8, 4) is 5.69 Å². The predicted molar refractivity (Wildman–Crippen MR) is 131 cm³/mol. The molecule has 3 N–H and O–H groups in total. The zero-order chi connectivity index (χ0) is 25.0. The quantitative estimate of drug-likeness (QED) is 0.444. The fraction of sp³-hybridized carbons (Fsp3) is 0.280. The second-order valence-corrected chi connectivity index (χ2v) is 9.20. The van der Waals surface area contributed by atoms with Gasteiger partial charge in [0.2, 0.25) is 0 Å². The lowest BCUT2D eigenvalue weighted by atomic mass is 10.1. The van der Waals surface area contributed by atoms with E-state index >= 15 is 0 Å². The van der Waals surface area contributed by atoms with Crippen molar-refractivity contribution in [2.75, 3.05) is 23.3 Å². The van der Waals surface area contributed by atoms with Crippen LogP contribution in [0.5, 0.6) is 0 Å². The third-order valence-electron chi connectivity index (χ3n) is 6.62. The van der Waals surface area contributed by atoms with Crippen LogP contribution >= 0.6 is 0 Å². The van der Waals surface area contributed by atoms with Gasteiger partial charge >= 0.3 is 0 Å². The highest BCUT2D eigenvalue weighted by atomic mass is 19.1. The molecule has 36 heavy (non-hydrogen) atoms. The van der Waals surface area contributed by atoms with Gasteiger partial charge in [-0.05, 0) is 49.6 Å². The van der Waals surface area contributed by atoms with Crippen molar-refractivity contribution in [2.45, 2.75) is 31.3 Å². The number of amides is 1. The number of carbonyl (C=O) groups is 1. The van der Waals surface area contributed by atoms with Crippen molar-refractivity contribution in [3.63, 3.8) is 0 Å². The maximum absolute atomic E-state index is 14.3. The summed E-state index contributed by atoms with van der Waals surface area (Å²) in [6.07, 6.45) is 4.80. The molecule has 2 aromatic carbocycles. The van der Waals surface area contributed by atoms with Gasteiger partial charge in [0.25, 0.3) is 11.5 Å². The summed E-state index contributed by atoms with van der Waals surface area (Å²) in [6, 6.07) is 9.63. The normalized spacial score (nSPS) is 17.6. The smallest absolute Gasteiger partial charge is 0.276 e. The summed E-state index contributed by atoms with van der Waals surface area (Å²) < 4.78 is 31.2. The molecule has 1 saturated heterocycles. The highest BCUT2D eigenvalue weighted by Crippen LogP contribution is 2.41. The Labute approximate surface area is 204 Å². The molecule has 11 heteroatoms. The van der Waals surface area contributed by atoms with E-state index in [9.17, 15) is 18.4 Å². The minimum absolute atomic E-state index is 0.0168. The summed E-state index contributed by atoms with van der Waals surface area (Å²) in [6.45, 7) is 1.36. The molecule has 6 rings (SSSR count). The maximum Gasteiger partial charge on any atom is 0.276 e. The van der Waals surface area contributed by atoms with Gasteiger partial charge in [-0.3, -0.25) is 14.3 Å². The van der Waals surface area contributed by atoms with Gasteiger partial charge in [-0.2, -0.15) is 14.9 Å². The van der Waals surface area contributed by atoms with Gasteiger partial charge in [-0.25, -0.2) is 8.78 Å². The second kappa shape index (κ2) is 8.52. The van der Waals surface area contributed by atoms with Crippen LogP contribution in [0.15, 0.2) is 53.5 Å². The fourth-order valence-electron chi connectivity index (χ4n) is 4.72. The Morgan fingerprint density at radius 3 is 2.50 bits per heavy atom. The molecule has 1 saturated carbocycles. The summed E-state index contributed by atoms with van der Waals surface area (Å²) >= 11 is 0. The standard InChI is InChI=1S/C25H23F2N7O2/c26-17-2-1-3-18(27)24(17)34-22(35)9-7-20(31-34)25(36)30-19-6-8-21-16(12-29-33(21)15-4-5-15)23(19)32-11-10-14(28)13-32/h1-3,6-9,12,14-15H,4-5,10-11,13,28H2,(H,30,36)/t14-/m1/s1. The molecule has 1 aliphatic heterocycles. The molecule has 0 bridgehead atoms. The minimum atomic E-state index is -0.965. The molecule has 1 amide bonds. The molecule has 3 heterocycles. The predicted octanol–water partition coefficient (Wildman–Crippen LogP) is 2.99. The molecule has 184 valence electrons. The van der Waals surface area contributed by atoms with Gasteiger partial charge in [0.1, 0.15) is 11.4 Å². The van der Waals surface area contributed by atoms with Crippen LogP contribution in [0.2, 0.25) is 0 Å². The number of carbonyl (C=O) groups excluding carboxylic acids is 1. The molecule has 2 aromatic heterocycles. The first-order valence-electron chi connectivity index (χ1n) is 11.8. The number of hydrogen-bond donors (Lipinski definition) is 2. The van der Waals surface area contributed by atoms with E-state index in [4.69, 9.17) is 5.73 Å². The number of aromatic nitrogens is 4. The summed E-state index contributed by atoms with van der Waals surface area (Å²) in [5.41, 5.74) is 6.92. The Hall–Kier alpha value is -4.12. The van der Waals surface area contributed by atoms with E-state index in [1.807, 2.05) is 23.0 Å². The highest BCUT2D eigenvalue weighted by Gasteiger charge is 2.29. The van der Waals surface area contributed by atoms with Crippen molar-refractivity contribution in [2.24, 2.45) is 5.73 Å². The van der Waals surface area contributed by atoms with Gasteiger partial charge in [-0.1, -0.05) is 6.07 Å². The molecule has 9 nitrogen and oxygen atoms in total. The number of benzene rings is 2. The molecule has 4 aromatic rings. The molecule has 0 unspecified atom stereocenters. The lowest BCUT2D eigenvalue weighted by Gasteiger charge is -2.23. The summed E-state index contributed by atoms with van der Waals surface area (Å²) in [5.74, 6) is -2.56. The molecule has 1 atom stereocenters. The number of rotatable bonds is 5. The average molecular weight is 492 g/mol. The van der Waals surface area contributed by atoms with Gasteiger partial charge in [0.15, 0.2) is 11.6 Å². The van der Waals surface area contributed by atoms with E-state index in [2.05, 4.69) is 20.4 Å². The minimum Gasteiger partial charge on any atom is -0.368 e. The van der Waals surface area contributed by atoms with E-state index in [-0.39, 0.29) is 11.7 Å². The molecule has 0 radical (unpaired) electrons. The Morgan fingerprint density at radius 1 is 1.03 bits per heavy atom. The third kappa shape index (κ3) is 3.81. The Morgan fingerprint density at radius 2 is 1.81 bits per heavy atom. The zero-order valence-corrected chi connectivity index (χ0v) is 19.2. The van der Waals surface area contributed by atoms with Gasteiger partial charge in [0, 0.05) is 30.6 Å². The van der Waals surface area contributed by atoms with Gasteiger partial charge < -0.3 is 16.0 Å². The van der Waals surface area contributed by atoms with Gasteiger partial charge in [0.05, 0.1) is 29.1 Å². The molecule has 0 spiro atoms. The van der Waals surface area contributed by atoms with Crippen LogP contribution in [-0.2, 0) is 0 Å². The van der Waals surface area contributed by atoms with Crippen LogP contribution in [0.4, 0.5) is 20.2 Å². The molecule has 2 fully saturated rings. The van der Waals surface area contributed by atoms with Crippen LogP contribution < -0.4 is 21.5 Å². The van der Waals surface area contributed by atoms with Crippen LogP contribution in [-0.4, -0.2) is 44.6 Å². The van der Waals surface area contributed by atoms with E-state index in [1.165, 1.54) is 12.1 Å². The van der Waals surface area contributed by atoms with E-state index < -0.39 is 28.8 Å². The van der Waals surface area contributed by atoms with Crippen LogP contribution in [0.3, 0.4) is 0 Å². The highest BCUT2D eigenvalue weighted by molar-refractivity contribution is 6.09. The van der Waals surface area contributed by atoms with Crippen LogP contribution in [0.25, 0.3) is 16.6 Å². The Kier molecular flexibility index (Phi) is 5.29. The first-order chi connectivity index (χ1) is 17.4. The Balaban J connectivity index is 1.39. The molecular weight excluding hydrogens is 468 g/mol. The third-order valence-corrected chi connectivity index (χ3v) is 6.62. The van der Waals surface area contributed by atoms with Crippen molar-refractivity contribution < 1.29 is 13.6 Å². The number of nitrogens with zero attached hydrogens (tertiary/aromatic N) is 5. The average Bonchev–Trinajstić information content (AvgIpc) is 3.46.